The molecular weight excluding hydrogens is 314 g/mol. The summed E-state index contributed by atoms with van der Waals surface area (Å²) in [6, 6.07) is 13.3. The number of hydrogen-bond acceptors (Lipinski definition) is 1. The quantitative estimate of drug-likeness (QED) is 0.561. The van der Waals surface area contributed by atoms with Crippen LogP contribution in [0, 0.1) is 0 Å². The Bertz CT molecular complexity index is 540. The van der Waals surface area contributed by atoms with E-state index in [-0.39, 0.29) is 18.2 Å². The predicted octanol–water partition coefficient (Wildman–Crippen LogP) is -0.297. The maximum absolute atomic E-state index is 12.0. The van der Waals surface area contributed by atoms with Gasteiger partial charge in [-0.15, -0.1) is 0 Å². The molecule has 4 heteroatoms. The highest BCUT2D eigenvalue weighted by Crippen LogP contribution is 2.12. The van der Waals surface area contributed by atoms with E-state index >= 15 is 0 Å². The molecule has 1 aromatic heterocycles. The lowest BCUT2D eigenvalue weighted by Gasteiger charge is -2.00. The Balaban J connectivity index is 0.00000162. The summed E-state index contributed by atoms with van der Waals surface area (Å²) in [4.78, 5) is 12.0. The van der Waals surface area contributed by atoms with Crippen molar-refractivity contribution >= 4 is 21.7 Å². The number of benzene rings is 1. The summed E-state index contributed by atoms with van der Waals surface area (Å²) in [5.74, 6) is 0.138. The number of halogens is 2. The smallest absolute Gasteiger partial charge is 0.188 e. The first-order chi connectivity index (χ1) is 8.16. The average Bonchev–Trinajstić information content (AvgIpc) is 2.33. The molecule has 0 amide bonds. The fraction of sp³-hybridized carbons (Fsp3) is 0.143. The van der Waals surface area contributed by atoms with Crippen LogP contribution in [0.2, 0.25) is 0 Å². The van der Waals surface area contributed by atoms with Crippen molar-refractivity contribution in [2.24, 2.45) is 7.05 Å². The van der Waals surface area contributed by atoms with E-state index in [1.165, 1.54) is 0 Å². The van der Waals surface area contributed by atoms with E-state index in [0.29, 0.717) is 6.42 Å². The second-order valence-electron chi connectivity index (χ2n) is 3.91. The molecule has 0 saturated heterocycles. The lowest BCUT2D eigenvalue weighted by molar-refractivity contribution is -0.678. The Labute approximate surface area is 121 Å². The molecule has 0 fully saturated rings. The minimum absolute atomic E-state index is 0. The van der Waals surface area contributed by atoms with E-state index in [1.54, 1.807) is 0 Å². The molecule has 1 heterocycles. The summed E-state index contributed by atoms with van der Waals surface area (Å²) in [7, 11) is 1.95. The van der Waals surface area contributed by atoms with Crippen molar-refractivity contribution < 1.29 is 21.8 Å². The van der Waals surface area contributed by atoms with Gasteiger partial charge in [0.2, 0.25) is 0 Å². The van der Waals surface area contributed by atoms with Crippen molar-refractivity contribution in [3.05, 3.63) is 64.4 Å². The molecule has 2 rings (SSSR count). The fourth-order valence-corrected chi connectivity index (χ4v) is 1.91. The number of Topliss-reactive ketones (excluding diaryl/α,β-unsaturated/α-hetero) is 1. The van der Waals surface area contributed by atoms with Gasteiger partial charge in [-0.1, -0.05) is 34.1 Å². The van der Waals surface area contributed by atoms with Gasteiger partial charge >= 0.3 is 0 Å². The summed E-state index contributed by atoms with van der Waals surface area (Å²) >= 11 is 3.36. The Morgan fingerprint density at radius 1 is 1.17 bits per heavy atom. The molecule has 0 radical (unpaired) electrons. The second-order valence-corrected chi connectivity index (χ2v) is 4.83. The zero-order valence-electron chi connectivity index (χ0n) is 9.94. The fourth-order valence-electron chi connectivity index (χ4n) is 1.64. The van der Waals surface area contributed by atoms with Gasteiger partial charge in [0, 0.05) is 22.2 Å². The van der Waals surface area contributed by atoms with Gasteiger partial charge in [-0.25, -0.2) is 4.57 Å². The molecule has 0 bridgehead atoms. The molecule has 0 atom stereocenters. The highest BCUT2D eigenvalue weighted by molar-refractivity contribution is 9.10. The first-order valence-corrected chi connectivity index (χ1v) is 6.18. The Morgan fingerprint density at radius 3 is 2.44 bits per heavy atom. The van der Waals surface area contributed by atoms with Gasteiger partial charge in [0.1, 0.15) is 7.05 Å². The van der Waals surface area contributed by atoms with Crippen LogP contribution in [-0.4, -0.2) is 5.78 Å². The van der Waals surface area contributed by atoms with Crippen molar-refractivity contribution in [3.8, 4) is 0 Å². The van der Waals surface area contributed by atoms with Crippen LogP contribution in [0.25, 0.3) is 0 Å². The number of carbonyl (C=O) groups is 1. The van der Waals surface area contributed by atoms with Crippen molar-refractivity contribution in [2.75, 3.05) is 0 Å². The normalized spacial score (nSPS) is 9.67. The van der Waals surface area contributed by atoms with Crippen molar-refractivity contribution in [1.29, 1.82) is 0 Å². The number of aryl methyl sites for hydroxylation is 1. The number of rotatable bonds is 3. The van der Waals surface area contributed by atoms with E-state index in [9.17, 15) is 4.79 Å². The highest BCUT2D eigenvalue weighted by atomic mass is 79.9. The average molecular weight is 327 g/mol. The molecule has 0 aliphatic rings. The monoisotopic (exact) mass is 325 g/mol. The Hall–Kier alpha value is -1.19. The molecule has 2 nitrogen and oxygen atoms in total. The minimum atomic E-state index is 0. The van der Waals surface area contributed by atoms with Gasteiger partial charge in [-0.2, -0.15) is 0 Å². The third kappa shape index (κ3) is 3.65. The third-order valence-electron chi connectivity index (χ3n) is 2.67. The van der Waals surface area contributed by atoms with Gasteiger partial charge in [0.05, 0.1) is 6.42 Å². The minimum Gasteiger partial charge on any atom is -1.00 e. The zero-order chi connectivity index (χ0) is 12.3. The van der Waals surface area contributed by atoms with E-state index in [4.69, 9.17) is 0 Å². The summed E-state index contributed by atoms with van der Waals surface area (Å²) in [5.41, 5.74) is 1.76. The summed E-state index contributed by atoms with van der Waals surface area (Å²) in [5, 5.41) is 0. The highest BCUT2D eigenvalue weighted by Gasteiger charge is 2.12. The summed E-state index contributed by atoms with van der Waals surface area (Å²) < 4.78 is 2.95. The Kier molecular flexibility index (Phi) is 5.51. The maximum atomic E-state index is 12.0. The van der Waals surface area contributed by atoms with Crippen LogP contribution in [0.4, 0.5) is 0 Å². The van der Waals surface area contributed by atoms with Crippen LogP contribution < -0.4 is 17.0 Å². The summed E-state index contributed by atoms with van der Waals surface area (Å²) in [6.07, 6.45) is 2.38. The SMILES string of the molecule is C[n+]1ccccc1CC(=O)c1ccc(Br)cc1.[Cl-]. The zero-order valence-corrected chi connectivity index (χ0v) is 12.3. The number of aromatic nitrogens is 1. The van der Waals surface area contributed by atoms with Crippen LogP contribution in [-0.2, 0) is 13.5 Å². The van der Waals surface area contributed by atoms with Crippen molar-refractivity contribution in [3.63, 3.8) is 0 Å². The number of nitrogens with zero attached hydrogens (tertiary/aromatic N) is 1. The Morgan fingerprint density at radius 2 is 1.83 bits per heavy atom. The first-order valence-electron chi connectivity index (χ1n) is 5.39. The molecular formula is C14H13BrClNO. The van der Waals surface area contributed by atoms with Gasteiger partial charge < -0.3 is 12.4 Å². The molecule has 94 valence electrons. The molecule has 0 unspecified atom stereocenters. The number of hydrogen-bond donors (Lipinski definition) is 0. The van der Waals surface area contributed by atoms with Crippen LogP contribution >= 0.6 is 15.9 Å². The van der Waals surface area contributed by atoms with E-state index in [0.717, 1.165) is 15.7 Å². The van der Waals surface area contributed by atoms with E-state index < -0.39 is 0 Å². The van der Waals surface area contributed by atoms with Crippen molar-refractivity contribution in [2.45, 2.75) is 6.42 Å². The van der Waals surface area contributed by atoms with Gasteiger partial charge in [0.15, 0.2) is 17.7 Å². The molecule has 0 aliphatic carbocycles. The van der Waals surface area contributed by atoms with Crippen LogP contribution in [0.15, 0.2) is 53.1 Å². The third-order valence-corrected chi connectivity index (χ3v) is 3.20. The predicted molar refractivity (Wildman–Crippen MR) is 69.8 cm³/mol. The number of carbonyl (C=O) groups excluding carboxylic acids is 1. The summed E-state index contributed by atoms with van der Waals surface area (Å²) in [6.45, 7) is 0. The van der Waals surface area contributed by atoms with Crippen LogP contribution in [0.1, 0.15) is 16.1 Å². The van der Waals surface area contributed by atoms with Crippen LogP contribution in [0.5, 0.6) is 0 Å². The molecule has 1 aromatic carbocycles. The molecule has 0 N–H and O–H groups in total. The standard InChI is InChI=1S/C14H13BrNO.ClH/c1-16-9-3-2-4-13(16)10-14(17)11-5-7-12(15)8-6-11;/h2-9H,10H2,1H3;1H/q+1;/p-1. The van der Waals surface area contributed by atoms with Gasteiger partial charge in [-0.3, -0.25) is 4.79 Å². The first kappa shape index (κ1) is 14.9. The maximum Gasteiger partial charge on any atom is 0.188 e. The second kappa shape index (κ2) is 6.66. The number of pyridine rings is 1. The topological polar surface area (TPSA) is 20.9 Å². The van der Waals surface area contributed by atoms with Gasteiger partial charge in [0.25, 0.3) is 0 Å². The lowest BCUT2D eigenvalue weighted by Crippen LogP contribution is -3.00. The van der Waals surface area contributed by atoms with E-state index in [1.807, 2.05) is 60.3 Å². The largest absolute Gasteiger partial charge is 1.00 e. The molecule has 0 spiro atoms. The van der Waals surface area contributed by atoms with E-state index in [2.05, 4.69) is 15.9 Å². The molecule has 18 heavy (non-hydrogen) atoms. The molecule has 0 aliphatic heterocycles. The number of ketones is 1. The van der Waals surface area contributed by atoms with Crippen molar-refractivity contribution in [1.82, 2.24) is 0 Å². The van der Waals surface area contributed by atoms with Crippen LogP contribution in [0.3, 0.4) is 0 Å². The molecule has 0 saturated carbocycles. The molecule has 2 aromatic rings. The van der Waals surface area contributed by atoms with Gasteiger partial charge in [-0.05, 0) is 12.1 Å². The lowest BCUT2D eigenvalue weighted by atomic mass is 10.1.